The molecule has 0 bridgehead atoms. The highest BCUT2D eigenvalue weighted by Gasteiger charge is 2.26. The summed E-state index contributed by atoms with van der Waals surface area (Å²) in [6, 6.07) is 10.7. The molecule has 0 spiro atoms. The fourth-order valence-corrected chi connectivity index (χ4v) is 3.57. The molecule has 1 heterocycles. The molecule has 1 aliphatic heterocycles. The maximum atomic E-state index is 13.9. The van der Waals surface area contributed by atoms with Crippen LogP contribution in [-0.4, -0.2) is 23.9 Å². The van der Waals surface area contributed by atoms with Crippen LogP contribution in [0.15, 0.2) is 42.5 Å². The molecule has 144 valence electrons. The standard InChI is InChI=1S/C21H23ClF2N2O/c1-14(15-3-6-19(23)7-4-15)25-21(27)16-8-10-26(11-9-16)13-17-2-5-18(22)12-20(17)24/h2-7,12,14,16H,8-11,13H2,1H3,(H,25,27)/t14-/m0/s1. The van der Waals surface area contributed by atoms with Gasteiger partial charge in [-0.15, -0.1) is 0 Å². The van der Waals surface area contributed by atoms with Crippen molar-refractivity contribution in [1.82, 2.24) is 10.2 Å². The lowest BCUT2D eigenvalue weighted by Crippen LogP contribution is -2.41. The van der Waals surface area contributed by atoms with Crippen LogP contribution >= 0.6 is 11.6 Å². The fraction of sp³-hybridized carbons (Fsp3) is 0.381. The largest absolute Gasteiger partial charge is 0.349 e. The first-order valence-electron chi connectivity index (χ1n) is 9.14. The first-order chi connectivity index (χ1) is 12.9. The van der Waals surface area contributed by atoms with E-state index in [-0.39, 0.29) is 29.5 Å². The molecule has 0 aliphatic carbocycles. The Balaban J connectivity index is 1.49. The van der Waals surface area contributed by atoms with Crippen LogP contribution in [0.3, 0.4) is 0 Å². The van der Waals surface area contributed by atoms with Gasteiger partial charge in [-0.1, -0.05) is 29.8 Å². The topological polar surface area (TPSA) is 32.3 Å². The van der Waals surface area contributed by atoms with Gasteiger partial charge in [-0.05, 0) is 62.7 Å². The molecule has 27 heavy (non-hydrogen) atoms. The third-order valence-electron chi connectivity index (χ3n) is 5.10. The number of hydrogen-bond acceptors (Lipinski definition) is 2. The van der Waals surface area contributed by atoms with Gasteiger partial charge in [0.05, 0.1) is 6.04 Å². The van der Waals surface area contributed by atoms with Crippen molar-refractivity contribution < 1.29 is 13.6 Å². The third-order valence-corrected chi connectivity index (χ3v) is 5.33. The zero-order chi connectivity index (χ0) is 19.4. The second-order valence-corrected chi connectivity index (χ2v) is 7.50. The van der Waals surface area contributed by atoms with E-state index in [0.29, 0.717) is 17.1 Å². The number of benzene rings is 2. The van der Waals surface area contributed by atoms with Crippen LogP contribution in [0.4, 0.5) is 8.78 Å². The molecule has 3 nitrogen and oxygen atoms in total. The van der Waals surface area contributed by atoms with E-state index in [9.17, 15) is 13.6 Å². The second kappa shape index (κ2) is 8.81. The van der Waals surface area contributed by atoms with Gasteiger partial charge in [-0.3, -0.25) is 9.69 Å². The molecule has 2 aromatic rings. The highest BCUT2D eigenvalue weighted by Crippen LogP contribution is 2.23. The molecule has 1 amide bonds. The summed E-state index contributed by atoms with van der Waals surface area (Å²) in [6.07, 6.45) is 1.47. The Morgan fingerprint density at radius 1 is 1.19 bits per heavy atom. The van der Waals surface area contributed by atoms with Crippen molar-refractivity contribution in [3.05, 3.63) is 70.2 Å². The average molecular weight is 393 g/mol. The van der Waals surface area contributed by atoms with Gasteiger partial charge in [0.1, 0.15) is 11.6 Å². The molecule has 0 aromatic heterocycles. The summed E-state index contributed by atoms with van der Waals surface area (Å²) in [5.74, 6) is -0.624. The molecule has 1 N–H and O–H groups in total. The summed E-state index contributed by atoms with van der Waals surface area (Å²) in [4.78, 5) is 14.7. The second-order valence-electron chi connectivity index (χ2n) is 7.07. The molecule has 1 atom stereocenters. The maximum absolute atomic E-state index is 13.9. The predicted molar refractivity (Wildman–Crippen MR) is 102 cm³/mol. The smallest absolute Gasteiger partial charge is 0.223 e. The highest BCUT2D eigenvalue weighted by atomic mass is 35.5. The Morgan fingerprint density at radius 3 is 2.48 bits per heavy atom. The van der Waals surface area contributed by atoms with Gasteiger partial charge in [0.25, 0.3) is 0 Å². The summed E-state index contributed by atoms with van der Waals surface area (Å²) < 4.78 is 27.0. The molecule has 0 saturated carbocycles. The van der Waals surface area contributed by atoms with E-state index in [1.165, 1.54) is 18.2 Å². The highest BCUT2D eigenvalue weighted by molar-refractivity contribution is 6.30. The predicted octanol–water partition coefficient (Wildman–Crippen LogP) is 4.71. The lowest BCUT2D eigenvalue weighted by molar-refractivity contribution is -0.127. The molecule has 6 heteroatoms. The molecular weight excluding hydrogens is 370 g/mol. The Kier molecular flexibility index (Phi) is 6.45. The van der Waals surface area contributed by atoms with Crippen molar-refractivity contribution in [2.24, 2.45) is 5.92 Å². The van der Waals surface area contributed by atoms with Crippen molar-refractivity contribution >= 4 is 17.5 Å². The minimum absolute atomic E-state index is 0.0177. The van der Waals surface area contributed by atoms with Crippen LogP contribution < -0.4 is 5.32 Å². The number of likely N-dealkylation sites (tertiary alicyclic amines) is 1. The number of amides is 1. The van der Waals surface area contributed by atoms with E-state index < -0.39 is 0 Å². The van der Waals surface area contributed by atoms with Crippen molar-refractivity contribution in [2.75, 3.05) is 13.1 Å². The lowest BCUT2D eigenvalue weighted by Gasteiger charge is -2.32. The van der Waals surface area contributed by atoms with E-state index in [2.05, 4.69) is 10.2 Å². The Hall–Kier alpha value is -1.98. The number of carbonyl (C=O) groups excluding carboxylic acids is 1. The number of nitrogens with zero attached hydrogens (tertiary/aromatic N) is 1. The van der Waals surface area contributed by atoms with Crippen molar-refractivity contribution in [1.29, 1.82) is 0 Å². The molecule has 1 fully saturated rings. The molecular formula is C21H23ClF2N2O. The monoisotopic (exact) mass is 392 g/mol. The van der Waals surface area contributed by atoms with Gasteiger partial charge < -0.3 is 5.32 Å². The minimum Gasteiger partial charge on any atom is -0.349 e. The Morgan fingerprint density at radius 2 is 1.85 bits per heavy atom. The van der Waals surface area contributed by atoms with Crippen molar-refractivity contribution in [2.45, 2.75) is 32.4 Å². The number of nitrogens with one attached hydrogen (secondary N) is 1. The fourth-order valence-electron chi connectivity index (χ4n) is 3.41. The quantitative estimate of drug-likeness (QED) is 0.799. The maximum Gasteiger partial charge on any atom is 0.223 e. The number of halogens is 3. The molecule has 3 rings (SSSR count). The summed E-state index contributed by atoms with van der Waals surface area (Å²) in [5, 5.41) is 3.40. The Labute approximate surface area is 163 Å². The lowest BCUT2D eigenvalue weighted by atomic mass is 9.95. The van der Waals surface area contributed by atoms with Gasteiger partial charge in [-0.25, -0.2) is 8.78 Å². The molecule has 2 aromatic carbocycles. The summed E-state index contributed by atoms with van der Waals surface area (Å²) in [7, 11) is 0. The van der Waals surface area contributed by atoms with Gasteiger partial charge in [0.15, 0.2) is 0 Å². The number of piperidine rings is 1. The van der Waals surface area contributed by atoms with E-state index >= 15 is 0 Å². The molecule has 1 saturated heterocycles. The van der Waals surface area contributed by atoms with Crippen LogP contribution in [0.5, 0.6) is 0 Å². The number of carbonyl (C=O) groups is 1. The van der Waals surface area contributed by atoms with Gasteiger partial charge in [0.2, 0.25) is 5.91 Å². The van der Waals surface area contributed by atoms with Crippen molar-refractivity contribution in [3.8, 4) is 0 Å². The van der Waals surface area contributed by atoms with Crippen LogP contribution in [0.25, 0.3) is 0 Å². The van der Waals surface area contributed by atoms with Gasteiger partial charge in [0, 0.05) is 23.0 Å². The van der Waals surface area contributed by atoms with E-state index in [0.717, 1.165) is 31.5 Å². The Bertz CT molecular complexity index is 789. The van der Waals surface area contributed by atoms with Crippen LogP contribution in [0.1, 0.15) is 36.9 Å². The van der Waals surface area contributed by atoms with E-state index in [1.807, 2.05) is 6.92 Å². The number of rotatable bonds is 5. The summed E-state index contributed by atoms with van der Waals surface area (Å²) in [6.45, 7) is 3.89. The first-order valence-corrected chi connectivity index (χ1v) is 9.52. The van der Waals surface area contributed by atoms with E-state index in [1.54, 1.807) is 24.3 Å². The normalized spacial score (nSPS) is 16.9. The van der Waals surface area contributed by atoms with Crippen LogP contribution in [-0.2, 0) is 11.3 Å². The van der Waals surface area contributed by atoms with E-state index in [4.69, 9.17) is 11.6 Å². The SMILES string of the molecule is C[C@H](NC(=O)C1CCN(Cc2ccc(Cl)cc2F)CC1)c1ccc(F)cc1. The van der Waals surface area contributed by atoms with Crippen LogP contribution in [0.2, 0.25) is 5.02 Å². The van der Waals surface area contributed by atoms with Crippen molar-refractivity contribution in [3.63, 3.8) is 0 Å². The zero-order valence-corrected chi connectivity index (χ0v) is 16.0. The van der Waals surface area contributed by atoms with Gasteiger partial charge >= 0.3 is 0 Å². The summed E-state index contributed by atoms with van der Waals surface area (Å²) in [5.41, 5.74) is 1.49. The summed E-state index contributed by atoms with van der Waals surface area (Å²) >= 11 is 5.79. The number of hydrogen-bond donors (Lipinski definition) is 1. The zero-order valence-electron chi connectivity index (χ0n) is 15.2. The molecule has 1 aliphatic rings. The minimum atomic E-state index is -0.296. The van der Waals surface area contributed by atoms with Crippen LogP contribution in [0, 0.1) is 17.6 Å². The average Bonchev–Trinajstić information content (AvgIpc) is 2.65. The molecule has 0 unspecified atom stereocenters. The van der Waals surface area contributed by atoms with Gasteiger partial charge in [-0.2, -0.15) is 0 Å². The first kappa shape index (κ1) is 19.8. The third kappa shape index (κ3) is 5.27. The molecule has 0 radical (unpaired) electrons.